The largest absolute Gasteiger partial charge is 0.350 e. The monoisotopic (exact) mass is 360 g/mol. The lowest BCUT2D eigenvalue weighted by atomic mass is 10.2. The molecule has 1 aromatic carbocycles. The number of carbonyl (C=O) groups is 1. The second kappa shape index (κ2) is 7.59. The van der Waals surface area contributed by atoms with Crippen LogP contribution in [-0.4, -0.2) is 20.4 Å². The van der Waals surface area contributed by atoms with E-state index in [1.54, 1.807) is 22.2 Å². The average Bonchev–Trinajstić information content (AvgIpc) is 3.23. The number of benzene rings is 1. The van der Waals surface area contributed by atoms with Gasteiger partial charge < -0.3 is 9.88 Å². The number of hydrogen-bond donors (Lipinski definition) is 1. The number of rotatable bonds is 6. The zero-order valence-corrected chi connectivity index (χ0v) is 14.8. The van der Waals surface area contributed by atoms with Crippen molar-refractivity contribution in [1.82, 2.24) is 19.9 Å². The number of nitrogens with one attached hydrogen (secondary N) is 1. The molecule has 24 heavy (non-hydrogen) atoms. The molecule has 2 heterocycles. The molecule has 2 aromatic heterocycles. The summed E-state index contributed by atoms with van der Waals surface area (Å²) in [6.45, 7) is 2.78. The van der Waals surface area contributed by atoms with Gasteiger partial charge in [-0.2, -0.15) is 0 Å². The lowest BCUT2D eigenvalue weighted by Crippen LogP contribution is -2.26. The van der Waals surface area contributed by atoms with Crippen LogP contribution in [0.2, 0.25) is 5.02 Å². The summed E-state index contributed by atoms with van der Waals surface area (Å²) in [5, 5.41) is 6.49. The van der Waals surface area contributed by atoms with Crippen molar-refractivity contribution < 1.29 is 4.79 Å². The number of aromatic nitrogens is 3. The summed E-state index contributed by atoms with van der Waals surface area (Å²) in [7, 11) is 0. The van der Waals surface area contributed by atoms with Crippen molar-refractivity contribution in [3.63, 3.8) is 0 Å². The molecule has 0 aliphatic carbocycles. The Kier molecular flexibility index (Phi) is 5.27. The van der Waals surface area contributed by atoms with E-state index in [9.17, 15) is 4.79 Å². The molecule has 0 saturated heterocycles. The van der Waals surface area contributed by atoms with Gasteiger partial charge in [-0.15, -0.1) is 11.3 Å². The molecular weight excluding hydrogens is 344 g/mol. The third kappa shape index (κ3) is 4.21. The van der Waals surface area contributed by atoms with Crippen LogP contribution in [0.25, 0.3) is 10.7 Å². The van der Waals surface area contributed by atoms with Gasteiger partial charge in [0.25, 0.3) is 0 Å². The summed E-state index contributed by atoms with van der Waals surface area (Å²) in [6.07, 6.45) is 4.41. The first-order valence-corrected chi connectivity index (χ1v) is 8.87. The highest BCUT2D eigenvalue weighted by molar-refractivity contribution is 7.13. The SMILES string of the molecule is CCc1csc(-c2cn(CC(=O)NCc3ccc(Cl)cc3)cn2)n1. The normalized spacial score (nSPS) is 10.8. The van der Waals surface area contributed by atoms with Gasteiger partial charge in [-0.25, -0.2) is 9.97 Å². The van der Waals surface area contributed by atoms with E-state index in [0.717, 1.165) is 28.4 Å². The first-order chi connectivity index (χ1) is 11.6. The summed E-state index contributed by atoms with van der Waals surface area (Å²) in [4.78, 5) is 20.9. The van der Waals surface area contributed by atoms with Gasteiger partial charge in [-0.05, 0) is 24.1 Å². The molecule has 0 unspecified atom stereocenters. The van der Waals surface area contributed by atoms with Gasteiger partial charge in [-0.1, -0.05) is 30.7 Å². The van der Waals surface area contributed by atoms with E-state index in [1.165, 1.54) is 0 Å². The fraction of sp³-hybridized carbons (Fsp3) is 0.235. The Morgan fingerprint density at radius 1 is 1.33 bits per heavy atom. The maximum atomic E-state index is 12.1. The molecule has 0 saturated carbocycles. The van der Waals surface area contributed by atoms with Gasteiger partial charge in [-0.3, -0.25) is 4.79 Å². The summed E-state index contributed by atoms with van der Waals surface area (Å²) in [5.74, 6) is -0.0673. The van der Waals surface area contributed by atoms with Crippen molar-refractivity contribution in [1.29, 1.82) is 0 Å². The number of nitrogens with zero attached hydrogens (tertiary/aromatic N) is 3. The maximum Gasteiger partial charge on any atom is 0.240 e. The molecule has 1 N–H and O–H groups in total. The summed E-state index contributed by atoms with van der Waals surface area (Å²) >= 11 is 7.41. The molecule has 5 nitrogen and oxygen atoms in total. The summed E-state index contributed by atoms with van der Waals surface area (Å²) in [6, 6.07) is 7.41. The topological polar surface area (TPSA) is 59.8 Å². The highest BCUT2D eigenvalue weighted by Gasteiger charge is 2.09. The molecule has 0 radical (unpaired) electrons. The molecule has 1 amide bonds. The third-order valence-corrected chi connectivity index (χ3v) is 4.66. The standard InChI is InChI=1S/C17H17ClN4OS/c1-2-14-10-24-17(21-14)15-8-22(11-20-15)9-16(23)19-7-12-3-5-13(18)6-4-12/h3-6,8,10-11H,2,7,9H2,1H3,(H,19,23). The van der Waals surface area contributed by atoms with Crippen LogP contribution in [0.3, 0.4) is 0 Å². The number of thiazole rings is 1. The Labute approximate surface area is 149 Å². The lowest BCUT2D eigenvalue weighted by molar-refractivity contribution is -0.121. The molecular formula is C17H17ClN4OS. The van der Waals surface area contributed by atoms with Gasteiger partial charge in [0.05, 0.1) is 12.0 Å². The van der Waals surface area contributed by atoms with Crippen LogP contribution in [0.4, 0.5) is 0 Å². The summed E-state index contributed by atoms with van der Waals surface area (Å²) in [5.41, 5.74) is 2.87. The van der Waals surface area contributed by atoms with E-state index in [1.807, 2.05) is 35.8 Å². The van der Waals surface area contributed by atoms with E-state index >= 15 is 0 Å². The van der Waals surface area contributed by atoms with Gasteiger partial charge >= 0.3 is 0 Å². The predicted octanol–water partition coefficient (Wildman–Crippen LogP) is 3.54. The second-order valence-electron chi connectivity index (χ2n) is 5.33. The van der Waals surface area contributed by atoms with Crippen molar-refractivity contribution in [2.24, 2.45) is 0 Å². The zero-order valence-electron chi connectivity index (χ0n) is 13.2. The lowest BCUT2D eigenvalue weighted by Gasteiger charge is -2.06. The number of imidazole rings is 1. The van der Waals surface area contributed by atoms with Crippen molar-refractivity contribution in [3.05, 3.63) is 58.4 Å². The molecule has 0 atom stereocenters. The molecule has 3 rings (SSSR count). The van der Waals surface area contributed by atoms with Crippen LogP contribution in [0.5, 0.6) is 0 Å². The van der Waals surface area contributed by atoms with Crippen LogP contribution in [0.1, 0.15) is 18.2 Å². The van der Waals surface area contributed by atoms with Crippen LogP contribution in [0.15, 0.2) is 42.2 Å². The number of amides is 1. The minimum atomic E-state index is -0.0673. The second-order valence-corrected chi connectivity index (χ2v) is 6.63. The number of halogens is 1. The predicted molar refractivity (Wildman–Crippen MR) is 96.0 cm³/mol. The number of hydrogen-bond acceptors (Lipinski definition) is 4. The fourth-order valence-electron chi connectivity index (χ4n) is 2.17. The van der Waals surface area contributed by atoms with Gasteiger partial charge in [0, 0.05) is 23.1 Å². The quantitative estimate of drug-likeness (QED) is 0.731. The van der Waals surface area contributed by atoms with Gasteiger partial charge in [0.2, 0.25) is 5.91 Å². The molecule has 124 valence electrons. The number of carbonyl (C=O) groups excluding carboxylic acids is 1. The molecule has 0 spiro atoms. The van der Waals surface area contributed by atoms with Crippen molar-refractivity contribution in [2.75, 3.05) is 0 Å². The van der Waals surface area contributed by atoms with Crippen LogP contribution >= 0.6 is 22.9 Å². The van der Waals surface area contributed by atoms with Gasteiger partial charge in [0.1, 0.15) is 17.2 Å². The third-order valence-electron chi connectivity index (χ3n) is 3.50. The Morgan fingerprint density at radius 3 is 2.83 bits per heavy atom. The van der Waals surface area contributed by atoms with Crippen LogP contribution in [0, 0.1) is 0 Å². The molecule has 7 heteroatoms. The smallest absolute Gasteiger partial charge is 0.240 e. The van der Waals surface area contributed by atoms with Gasteiger partial charge in [0.15, 0.2) is 0 Å². The van der Waals surface area contributed by atoms with E-state index < -0.39 is 0 Å². The highest BCUT2D eigenvalue weighted by atomic mass is 35.5. The molecule has 0 aliphatic rings. The Morgan fingerprint density at radius 2 is 2.12 bits per heavy atom. The highest BCUT2D eigenvalue weighted by Crippen LogP contribution is 2.22. The molecule has 0 aliphatic heterocycles. The van der Waals surface area contributed by atoms with Crippen molar-refractivity contribution in [2.45, 2.75) is 26.4 Å². The maximum absolute atomic E-state index is 12.1. The van der Waals surface area contributed by atoms with Crippen LogP contribution in [-0.2, 0) is 24.3 Å². The van der Waals surface area contributed by atoms with E-state index in [2.05, 4.69) is 22.2 Å². The van der Waals surface area contributed by atoms with E-state index in [-0.39, 0.29) is 12.5 Å². The molecule has 0 fully saturated rings. The van der Waals surface area contributed by atoms with Crippen molar-refractivity contribution >= 4 is 28.8 Å². The first kappa shape index (κ1) is 16.7. The minimum absolute atomic E-state index is 0.0673. The first-order valence-electron chi connectivity index (χ1n) is 7.61. The van der Waals surface area contributed by atoms with Crippen LogP contribution < -0.4 is 5.32 Å². The summed E-state index contributed by atoms with van der Waals surface area (Å²) < 4.78 is 1.76. The number of aryl methyl sites for hydroxylation is 1. The van der Waals surface area contributed by atoms with E-state index in [4.69, 9.17) is 11.6 Å². The average molecular weight is 361 g/mol. The Bertz CT molecular complexity index is 825. The molecule has 0 bridgehead atoms. The van der Waals surface area contributed by atoms with Crippen molar-refractivity contribution in [3.8, 4) is 10.7 Å². The Balaban J connectivity index is 1.56. The molecule has 3 aromatic rings. The van der Waals surface area contributed by atoms with E-state index in [0.29, 0.717) is 11.6 Å². The minimum Gasteiger partial charge on any atom is -0.350 e. The Hall–Kier alpha value is -2.18. The fourth-order valence-corrected chi connectivity index (χ4v) is 3.16. The zero-order chi connectivity index (χ0) is 16.9.